The summed E-state index contributed by atoms with van der Waals surface area (Å²) >= 11 is 0. The van der Waals surface area contributed by atoms with E-state index in [1.165, 1.54) is 12.8 Å². The van der Waals surface area contributed by atoms with Crippen molar-refractivity contribution in [1.29, 1.82) is 5.26 Å². The second kappa shape index (κ2) is 10.3. The van der Waals surface area contributed by atoms with Crippen LogP contribution in [0.5, 0.6) is 0 Å². The van der Waals surface area contributed by atoms with Crippen LogP contribution >= 0.6 is 7.26 Å². The third-order valence-corrected chi connectivity index (χ3v) is 14.2. The first-order valence-corrected chi connectivity index (χ1v) is 15.0. The Balaban J connectivity index is 1.55. The van der Waals surface area contributed by atoms with E-state index < -0.39 is 12.4 Å². The normalized spacial score (nSPS) is 19.2. The zero-order chi connectivity index (χ0) is 24.2. The number of hydrogen-bond acceptors (Lipinski definition) is 4. The fraction of sp³-hybridized carbons (Fsp3) is 0.464. The van der Waals surface area contributed by atoms with Crippen LogP contribution in [0.25, 0.3) is 0 Å². The Kier molecular flexibility index (Phi) is 7.39. The summed E-state index contributed by atoms with van der Waals surface area (Å²) in [6.07, 6.45) is 8.76. The van der Waals surface area contributed by atoms with Crippen molar-refractivity contribution in [3.8, 4) is 6.07 Å². The summed E-state index contributed by atoms with van der Waals surface area (Å²) < 4.78 is 5.71. The Morgan fingerprint density at radius 3 is 2.21 bits per heavy atom. The third-order valence-electron chi connectivity index (χ3n) is 7.89. The van der Waals surface area contributed by atoms with Crippen LogP contribution in [0.15, 0.2) is 42.5 Å². The molecule has 6 heteroatoms. The molecule has 4 rings (SSSR count). The van der Waals surface area contributed by atoms with Crippen molar-refractivity contribution in [1.82, 2.24) is 0 Å². The Hall–Kier alpha value is -2.70. The summed E-state index contributed by atoms with van der Waals surface area (Å²) in [4.78, 5) is 26.9. The Bertz CT molecular complexity index is 1070. The van der Waals surface area contributed by atoms with Gasteiger partial charge in [-0.05, 0) is 0 Å². The first-order valence-electron chi connectivity index (χ1n) is 12.4. The summed E-state index contributed by atoms with van der Waals surface area (Å²) in [5.74, 6) is -0.0740. The molecule has 2 aromatic rings. The van der Waals surface area contributed by atoms with Gasteiger partial charge in [0, 0.05) is 0 Å². The number of carbonyl (C=O) groups excluding carboxylic acids is 2. The second-order valence-electron chi connectivity index (χ2n) is 10.2. The van der Waals surface area contributed by atoms with Crippen molar-refractivity contribution in [2.75, 3.05) is 23.8 Å². The Morgan fingerprint density at radius 2 is 1.65 bits per heavy atom. The number of nitriles is 1. The number of nitrogens with zero attached hydrogens (tertiary/aromatic N) is 1. The van der Waals surface area contributed by atoms with E-state index in [0.717, 1.165) is 60.4 Å². The van der Waals surface area contributed by atoms with Gasteiger partial charge in [-0.25, -0.2) is 0 Å². The van der Waals surface area contributed by atoms with E-state index in [-0.39, 0.29) is 18.5 Å². The van der Waals surface area contributed by atoms with Crippen LogP contribution in [0.3, 0.4) is 0 Å². The van der Waals surface area contributed by atoms with Crippen molar-refractivity contribution in [2.24, 2.45) is 0 Å². The molecule has 0 spiro atoms. The van der Waals surface area contributed by atoms with Gasteiger partial charge in [0.15, 0.2) is 0 Å². The predicted octanol–water partition coefficient (Wildman–Crippen LogP) is 5.71. The van der Waals surface area contributed by atoms with Crippen LogP contribution in [0.4, 0.5) is 5.69 Å². The van der Waals surface area contributed by atoms with Crippen LogP contribution in [-0.2, 0) is 20.9 Å². The van der Waals surface area contributed by atoms with Crippen LogP contribution in [0.1, 0.15) is 60.8 Å². The Morgan fingerprint density at radius 1 is 1.03 bits per heavy atom. The van der Waals surface area contributed by atoms with Crippen molar-refractivity contribution in [3.63, 3.8) is 0 Å². The number of amides is 1. The average Bonchev–Trinajstić information content (AvgIpc) is 3.66. The fourth-order valence-corrected chi connectivity index (χ4v) is 12.0. The summed E-state index contributed by atoms with van der Waals surface area (Å²) in [7, 11) is -2.26. The van der Waals surface area contributed by atoms with E-state index in [9.17, 15) is 14.9 Å². The van der Waals surface area contributed by atoms with Gasteiger partial charge < -0.3 is 0 Å². The van der Waals surface area contributed by atoms with Crippen molar-refractivity contribution >= 4 is 24.8 Å². The number of esters is 1. The molecule has 1 heterocycles. The first kappa shape index (κ1) is 24.4. The van der Waals surface area contributed by atoms with Crippen molar-refractivity contribution in [3.05, 3.63) is 64.7 Å². The maximum atomic E-state index is 13.8. The number of benzene rings is 2. The molecule has 0 bridgehead atoms. The molecule has 5 nitrogen and oxygen atoms in total. The number of aryl methyl sites for hydroxylation is 2. The molecule has 180 valence electrons. The first-order chi connectivity index (χ1) is 16.4. The van der Waals surface area contributed by atoms with E-state index in [1.807, 2.05) is 56.3 Å². The van der Waals surface area contributed by atoms with Crippen LogP contribution in [0.2, 0.25) is 0 Å². The van der Waals surface area contributed by atoms with Crippen molar-refractivity contribution < 1.29 is 14.3 Å². The minimum atomic E-state index is -2.26. The summed E-state index contributed by atoms with van der Waals surface area (Å²) in [6, 6.07) is 15.6. The molecule has 1 saturated heterocycles. The van der Waals surface area contributed by atoms with Gasteiger partial charge in [0.25, 0.3) is 0 Å². The van der Waals surface area contributed by atoms with Gasteiger partial charge in [-0.2, -0.15) is 0 Å². The third kappa shape index (κ3) is 5.03. The average molecular weight is 479 g/mol. The monoisotopic (exact) mass is 478 g/mol. The van der Waals surface area contributed by atoms with Gasteiger partial charge >= 0.3 is 203 Å². The molecule has 34 heavy (non-hydrogen) atoms. The number of anilines is 1. The number of carbonyl (C=O) groups is 2. The molecule has 1 aliphatic carbocycles. The molecule has 1 aliphatic heterocycles. The van der Waals surface area contributed by atoms with Crippen LogP contribution in [0, 0.1) is 25.2 Å². The van der Waals surface area contributed by atoms with E-state index >= 15 is 0 Å². The second-order valence-corrected chi connectivity index (χ2v) is 15.0. The van der Waals surface area contributed by atoms with Gasteiger partial charge in [-0.1, -0.05) is 0 Å². The fourth-order valence-electron chi connectivity index (χ4n) is 5.88. The molecule has 0 aromatic heterocycles. The zero-order valence-corrected chi connectivity index (χ0v) is 21.3. The van der Waals surface area contributed by atoms with Gasteiger partial charge in [0.05, 0.1) is 0 Å². The van der Waals surface area contributed by atoms with Crippen LogP contribution < -0.4 is 5.32 Å². The van der Waals surface area contributed by atoms with Gasteiger partial charge in [-0.3, -0.25) is 0 Å². The predicted molar refractivity (Wildman–Crippen MR) is 139 cm³/mol. The molecular weight excluding hydrogens is 443 g/mol. The number of rotatable bonds is 7. The van der Waals surface area contributed by atoms with E-state index in [4.69, 9.17) is 4.74 Å². The zero-order valence-electron chi connectivity index (χ0n) is 20.3. The molecule has 1 saturated carbocycles. The summed E-state index contributed by atoms with van der Waals surface area (Å²) in [6.45, 7) is 4.15. The van der Waals surface area contributed by atoms with E-state index in [1.54, 1.807) is 0 Å². The minimum absolute atomic E-state index is 0.0767. The molecule has 2 fully saturated rings. The molecule has 0 atom stereocenters. The maximum absolute atomic E-state index is 13.8. The molecule has 2 aromatic carbocycles. The standard InChI is InChI=1S/C28H35N2O3P/c1-21-16-24(18-29)17-22(2)26(21)30-27(32)28(12-13-28)34(14-8-3-4-9-15-34)20-25(31)33-19-23-10-6-5-7-11-23/h5-7,10-11,16-17,34H,3-4,8-9,12-15,19-20H2,1-2H3,(H,30,32). The molecule has 0 radical (unpaired) electrons. The molecular formula is C28H35N2O3P. The van der Waals surface area contributed by atoms with E-state index in [0.29, 0.717) is 11.7 Å². The number of hydrogen-bond donors (Lipinski definition) is 1. The van der Waals surface area contributed by atoms with Crippen molar-refractivity contribution in [2.45, 2.75) is 64.1 Å². The SMILES string of the molecule is Cc1cc(C#N)cc(C)c1NC(=O)C1([PH]2(CC(=O)OCc3ccccc3)CCCCCC2)CC1. The van der Waals surface area contributed by atoms with Gasteiger partial charge in [0.1, 0.15) is 0 Å². The Labute approximate surface area is 203 Å². The molecule has 1 N–H and O–H groups in total. The topological polar surface area (TPSA) is 79.2 Å². The van der Waals surface area contributed by atoms with Crippen LogP contribution in [-0.4, -0.2) is 35.5 Å². The summed E-state index contributed by atoms with van der Waals surface area (Å²) in [5.41, 5.74) is 4.20. The van der Waals surface area contributed by atoms with Gasteiger partial charge in [-0.15, -0.1) is 0 Å². The molecule has 2 aliphatic rings. The van der Waals surface area contributed by atoms with E-state index in [2.05, 4.69) is 11.4 Å². The van der Waals surface area contributed by atoms with Gasteiger partial charge in [0.2, 0.25) is 0 Å². The quantitative estimate of drug-likeness (QED) is 0.408. The summed E-state index contributed by atoms with van der Waals surface area (Å²) in [5, 5.41) is 12.1. The molecule has 0 unspecified atom stereocenters. The number of nitrogens with one attached hydrogen (secondary N) is 1. The molecule has 1 amide bonds. The number of ether oxygens (including phenoxy) is 1.